The molecule has 0 fully saturated rings. The van der Waals surface area contributed by atoms with Crippen LogP contribution in [0.3, 0.4) is 0 Å². The Balaban J connectivity index is 1.57. The van der Waals surface area contributed by atoms with Crippen LogP contribution in [0.2, 0.25) is 10.0 Å². The highest BCUT2D eigenvalue weighted by molar-refractivity contribution is 9.10. The van der Waals surface area contributed by atoms with Crippen molar-refractivity contribution >= 4 is 62.5 Å². The molecule has 3 aromatic rings. The number of hydrogen-bond acceptors (Lipinski definition) is 5. The number of anilines is 1. The molecule has 1 aromatic heterocycles. The maximum Gasteiger partial charge on any atom is 0.234 e. The highest BCUT2D eigenvalue weighted by Crippen LogP contribution is 2.26. The van der Waals surface area contributed by atoms with Gasteiger partial charge in [0.15, 0.2) is 17.1 Å². The molecule has 0 aliphatic rings. The van der Waals surface area contributed by atoms with Gasteiger partial charge in [0.1, 0.15) is 5.75 Å². The van der Waals surface area contributed by atoms with Gasteiger partial charge in [-0.1, -0.05) is 50.9 Å². The second-order valence-corrected chi connectivity index (χ2v) is 8.75. The number of amides is 1. The molecule has 1 atom stereocenters. The molecule has 6 nitrogen and oxygen atoms in total. The van der Waals surface area contributed by atoms with E-state index in [0.717, 1.165) is 10.2 Å². The fourth-order valence-corrected chi connectivity index (χ4v) is 3.76. The minimum Gasteiger partial charge on any atom is -0.483 e. The number of nitrogens with zero attached hydrogens (tertiary/aromatic N) is 3. The second-order valence-electron chi connectivity index (χ2n) is 6.08. The van der Waals surface area contributed by atoms with Crippen molar-refractivity contribution in [1.29, 1.82) is 0 Å². The largest absolute Gasteiger partial charge is 0.483 e. The highest BCUT2D eigenvalue weighted by atomic mass is 79.9. The van der Waals surface area contributed by atoms with Gasteiger partial charge in [0.2, 0.25) is 5.91 Å². The van der Waals surface area contributed by atoms with Crippen LogP contribution in [0.4, 0.5) is 5.69 Å². The lowest BCUT2D eigenvalue weighted by molar-refractivity contribution is -0.113. The molecule has 29 heavy (non-hydrogen) atoms. The smallest absolute Gasteiger partial charge is 0.234 e. The molecule has 1 N–H and O–H groups in total. The average Bonchev–Trinajstić information content (AvgIpc) is 3.05. The van der Waals surface area contributed by atoms with E-state index >= 15 is 0 Å². The number of carbonyl (C=O) groups excluding carboxylic acids is 1. The highest BCUT2D eigenvalue weighted by Gasteiger charge is 2.18. The van der Waals surface area contributed by atoms with E-state index in [2.05, 4.69) is 31.4 Å². The summed E-state index contributed by atoms with van der Waals surface area (Å²) >= 11 is 16.5. The molecule has 152 valence electrons. The molecule has 10 heteroatoms. The first-order valence-electron chi connectivity index (χ1n) is 8.52. The minimum atomic E-state index is -0.298. The van der Waals surface area contributed by atoms with Gasteiger partial charge in [-0.3, -0.25) is 4.79 Å². The monoisotopic (exact) mass is 514 g/mol. The van der Waals surface area contributed by atoms with E-state index in [1.165, 1.54) is 11.8 Å². The third-order valence-electron chi connectivity index (χ3n) is 3.89. The molecular formula is C19H17BrCl2N4O2S. The Hall–Kier alpha value is -1.74. The van der Waals surface area contributed by atoms with Crippen molar-refractivity contribution in [2.45, 2.75) is 18.2 Å². The predicted molar refractivity (Wildman–Crippen MR) is 120 cm³/mol. The third-order valence-corrected chi connectivity index (χ3v) is 6.18. The van der Waals surface area contributed by atoms with E-state index in [1.54, 1.807) is 18.2 Å². The first-order chi connectivity index (χ1) is 13.8. The molecule has 0 saturated carbocycles. The van der Waals surface area contributed by atoms with E-state index in [1.807, 2.05) is 42.8 Å². The number of carbonyl (C=O) groups is 1. The Morgan fingerprint density at radius 2 is 1.93 bits per heavy atom. The molecule has 0 aliphatic carbocycles. The second kappa shape index (κ2) is 9.84. The zero-order chi connectivity index (χ0) is 21.0. The number of ether oxygens (including phenoxy) is 1. The summed E-state index contributed by atoms with van der Waals surface area (Å²) in [6, 6.07) is 12.5. The van der Waals surface area contributed by atoms with Crippen molar-refractivity contribution in [3.8, 4) is 5.75 Å². The average molecular weight is 516 g/mol. The minimum absolute atomic E-state index is 0.175. The van der Waals surface area contributed by atoms with Crippen LogP contribution < -0.4 is 10.1 Å². The summed E-state index contributed by atoms with van der Waals surface area (Å²) < 4.78 is 8.72. The summed E-state index contributed by atoms with van der Waals surface area (Å²) in [6.45, 7) is 1.90. The van der Waals surface area contributed by atoms with E-state index in [0.29, 0.717) is 26.7 Å². The first-order valence-corrected chi connectivity index (χ1v) is 11.1. The Labute approximate surface area is 191 Å². The number of hydrogen-bond donors (Lipinski definition) is 1. The van der Waals surface area contributed by atoms with Crippen LogP contribution in [0.1, 0.15) is 18.9 Å². The van der Waals surface area contributed by atoms with Gasteiger partial charge < -0.3 is 14.6 Å². The molecule has 0 saturated heterocycles. The SMILES string of the molecule is CC(Oc1ccc(Br)cc1)c1nnc(SCC(=O)Nc2ccc(Cl)c(Cl)c2)n1C. The molecule has 1 unspecified atom stereocenters. The fraction of sp³-hybridized carbons (Fsp3) is 0.211. The summed E-state index contributed by atoms with van der Waals surface area (Å²) in [4.78, 5) is 12.2. The zero-order valence-electron chi connectivity index (χ0n) is 15.5. The number of halogens is 3. The third kappa shape index (κ3) is 5.88. The van der Waals surface area contributed by atoms with E-state index in [4.69, 9.17) is 27.9 Å². The number of benzene rings is 2. The van der Waals surface area contributed by atoms with Gasteiger partial charge >= 0.3 is 0 Å². The Bertz CT molecular complexity index is 1010. The fourth-order valence-electron chi connectivity index (χ4n) is 2.48. The quantitative estimate of drug-likeness (QED) is 0.405. The topological polar surface area (TPSA) is 69.0 Å². The Morgan fingerprint density at radius 3 is 2.62 bits per heavy atom. The summed E-state index contributed by atoms with van der Waals surface area (Å²) in [5.41, 5.74) is 0.583. The molecule has 2 aromatic carbocycles. The van der Waals surface area contributed by atoms with Crippen LogP contribution >= 0.6 is 50.9 Å². The molecule has 0 aliphatic heterocycles. The summed E-state index contributed by atoms with van der Waals surface area (Å²) in [5.74, 6) is 1.39. The van der Waals surface area contributed by atoms with Gasteiger partial charge in [0.05, 0.1) is 15.8 Å². The first kappa shape index (κ1) is 22.0. The van der Waals surface area contributed by atoms with Gasteiger partial charge in [-0.2, -0.15) is 0 Å². The van der Waals surface area contributed by atoms with Crippen LogP contribution in [0, 0.1) is 0 Å². The zero-order valence-corrected chi connectivity index (χ0v) is 19.4. The number of nitrogens with one attached hydrogen (secondary N) is 1. The van der Waals surface area contributed by atoms with Crippen LogP contribution in [-0.2, 0) is 11.8 Å². The van der Waals surface area contributed by atoms with Crippen LogP contribution in [0.15, 0.2) is 52.1 Å². The molecule has 3 rings (SSSR count). The van der Waals surface area contributed by atoms with Gasteiger partial charge in [0, 0.05) is 17.2 Å². The van der Waals surface area contributed by atoms with E-state index < -0.39 is 0 Å². The van der Waals surface area contributed by atoms with Crippen LogP contribution in [0.5, 0.6) is 5.75 Å². The van der Waals surface area contributed by atoms with Crippen molar-refractivity contribution < 1.29 is 9.53 Å². The predicted octanol–water partition coefficient (Wildman–Crippen LogP) is 5.76. The maximum absolute atomic E-state index is 12.2. The van der Waals surface area contributed by atoms with Crippen LogP contribution in [0.25, 0.3) is 0 Å². The van der Waals surface area contributed by atoms with Gasteiger partial charge in [-0.05, 0) is 49.4 Å². The lowest BCUT2D eigenvalue weighted by atomic mass is 10.3. The molecular weight excluding hydrogens is 499 g/mol. The van der Waals surface area contributed by atoms with Crippen molar-refractivity contribution in [3.63, 3.8) is 0 Å². The van der Waals surface area contributed by atoms with Crippen molar-refractivity contribution in [2.75, 3.05) is 11.1 Å². The molecule has 0 spiro atoms. The lowest BCUT2D eigenvalue weighted by Gasteiger charge is -2.14. The standard InChI is InChI=1S/C19H17BrCl2N4O2S/c1-11(28-14-6-3-12(20)4-7-14)18-24-25-19(26(18)2)29-10-17(27)23-13-5-8-15(21)16(22)9-13/h3-9,11H,10H2,1-2H3,(H,23,27). The molecule has 0 radical (unpaired) electrons. The summed E-state index contributed by atoms with van der Waals surface area (Å²) in [5, 5.41) is 12.6. The number of rotatable bonds is 7. The van der Waals surface area contributed by atoms with Gasteiger partial charge in [-0.15, -0.1) is 10.2 Å². The van der Waals surface area contributed by atoms with E-state index in [9.17, 15) is 4.79 Å². The lowest BCUT2D eigenvalue weighted by Crippen LogP contribution is -2.15. The maximum atomic E-state index is 12.2. The van der Waals surface area contributed by atoms with Crippen molar-refractivity contribution in [3.05, 3.63) is 62.8 Å². The summed E-state index contributed by atoms with van der Waals surface area (Å²) in [7, 11) is 1.84. The van der Waals surface area contributed by atoms with Crippen molar-refractivity contribution in [2.24, 2.45) is 7.05 Å². The van der Waals surface area contributed by atoms with Crippen molar-refractivity contribution in [1.82, 2.24) is 14.8 Å². The Kier molecular flexibility index (Phi) is 7.45. The van der Waals surface area contributed by atoms with Gasteiger partial charge in [-0.25, -0.2) is 0 Å². The number of thioether (sulfide) groups is 1. The molecule has 1 amide bonds. The van der Waals surface area contributed by atoms with Crippen LogP contribution in [-0.4, -0.2) is 26.4 Å². The normalized spacial score (nSPS) is 11.9. The molecule has 0 bridgehead atoms. The summed E-state index contributed by atoms with van der Waals surface area (Å²) in [6.07, 6.45) is -0.298. The Morgan fingerprint density at radius 1 is 1.21 bits per heavy atom. The van der Waals surface area contributed by atoms with Gasteiger partial charge in [0.25, 0.3) is 0 Å². The molecule has 1 heterocycles. The van der Waals surface area contributed by atoms with E-state index in [-0.39, 0.29) is 17.8 Å². The number of aromatic nitrogens is 3.